The summed E-state index contributed by atoms with van der Waals surface area (Å²) in [5.74, 6) is -0.929. The lowest BCUT2D eigenvalue weighted by atomic mass is 9.89. The lowest BCUT2D eigenvalue weighted by Gasteiger charge is -2.24. The van der Waals surface area contributed by atoms with Crippen LogP contribution in [-0.2, 0) is 21.0 Å². The van der Waals surface area contributed by atoms with Crippen molar-refractivity contribution in [3.63, 3.8) is 0 Å². The minimum atomic E-state index is -4.80. The molecule has 1 heterocycles. The third-order valence-corrected chi connectivity index (χ3v) is 6.77. The van der Waals surface area contributed by atoms with Crippen LogP contribution in [0.25, 0.3) is 0 Å². The van der Waals surface area contributed by atoms with Gasteiger partial charge in [-0.15, -0.1) is 0 Å². The van der Waals surface area contributed by atoms with Gasteiger partial charge >= 0.3 is 6.18 Å². The van der Waals surface area contributed by atoms with E-state index in [1.54, 1.807) is 19.9 Å². The van der Waals surface area contributed by atoms with E-state index in [4.69, 9.17) is 14.7 Å². The van der Waals surface area contributed by atoms with Gasteiger partial charge in [0.2, 0.25) is 0 Å². The molecule has 32 heavy (non-hydrogen) atoms. The molecule has 0 spiro atoms. The van der Waals surface area contributed by atoms with Crippen molar-refractivity contribution >= 4 is 15.9 Å². The molecule has 0 bridgehead atoms. The quantitative estimate of drug-likeness (QED) is 0.666. The maximum absolute atomic E-state index is 13.3. The van der Waals surface area contributed by atoms with E-state index in [1.165, 1.54) is 31.4 Å². The SMILES string of the molecule is COc1cccc(S(=O)(=O)N2CC(C)(C)C(Oc3ccc(C#N)c(C(F)(F)F)c3)C2=O)c1. The van der Waals surface area contributed by atoms with Crippen molar-refractivity contribution in [1.29, 1.82) is 5.26 Å². The highest BCUT2D eigenvalue weighted by atomic mass is 32.2. The Morgan fingerprint density at radius 3 is 2.44 bits per heavy atom. The standard InChI is InChI=1S/C21H19F3N2O5S/c1-20(2)12-26(32(28,29)16-6-4-5-14(9-16)30-3)19(27)18(20)31-15-8-7-13(11-25)17(10-15)21(22,23)24/h4-10,18H,12H2,1-3H3. The molecule has 1 fully saturated rings. The van der Waals surface area contributed by atoms with Crippen LogP contribution in [0.5, 0.6) is 11.5 Å². The van der Waals surface area contributed by atoms with Crippen molar-refractivity contribution in [3.05, 3.63) is 53.6 Å². The Morgan fingerprint density at radius 2 is 1.84 bits per heavy atom. The van der Waals surface area contributed by atoms with Crippen molar-refractivity contribution < 1.29 is 35.9 Å². The summed E-state index contributed by atoms with van der Waals surface area (Å²) in [6, 6.07) is 9.74. The molecule has 1 aliphatic heterocycles. The van der Waals surface area contributed by atoms with Crippen LogP contribution < -0.4 is 9.47 Å². The number of benzene rings is 2. The van der Waals surface area contributed by atoms with Gasteiger partial charge in [0.15, 0.2) is 6.10 Å². The molecule has 1 unspecified atom stereocenters. The van der Waals surface area contributed by atoms with Gasteiger partial charge in [-0.05, 0) is 30.3 Å². The fourth-order valence-corrected chi connectivity index (χ4v) is 4.97. The molecule has 1 atom stereocenters. The second-order valence-corrected chi connectivity index (χ2v) is 9.69. The molecule has 2 aromatic carbocycles. The van der Waals surface area contributed by atoms with Gasteiger partial charge in [-0.3, -0.25) is 4.79 Å². The Kier molecular flexibility index (Phi) is 5.86. The average Bonchev–Trinajstić information content (AvgIpc) is 2.97. The fourth-order valence-electron chi connectivity index (χ4n) is 3.36. The topological polar surface area (TPSA) is 96.7 Å². The summed E-state index contributed by atoms with van der Waals surface area (Å²) < 4.78 is 77.2. The number of hydrogen-bond donors (Lipinski definition) is 0. The molecule has 0 aliphatic carbocycles. The third-order valence-electron chi connectivity index (χ3n) is 5.03. The predicted octanol–water partition coefficient (Wildman–Crippen LogP) is 3.59. The summed E-state index contributed by atoms with van der Waals surface area (Å²) >= 11 is 0. The van der Waals surface area contributed by atoms with Crippen LogP contribution in [0, 0.1) is 16.7 Å². The number of amides is 1. The summed E-state index contributed by atoms with van der Waals surface area (Å²) in [6.07, 6.45) is -6.17. The van der Waals surface area contributed by atoms with E-state index in [2.05, 4.69) is 0 Å². The molecule has 11 heteroatoms. The fraction of sp³-hybridized carbons (Fsp3) is 0.333. The molecule has 0 N–H and O–H groups in total. The molecule has 0 saturated carbocycles. The molecule has 1 aliphatic rings. The smallest absolute Gasteiger partial charge is 0.417 e. The number of alkyl halides is 3. The van der Waals surface area contributed by atoms with Crippen molar-refractivity contribution in [3.8, 4) is 17.6 Å². The molecule has 1 amide bonds. The highest BCUT2D eigenvalue weighted by Gasteiger charge is 2.52. The number of hydrogen-bond acceptors (Lipinski definition) is 6. The van der Waals surface area contributed by atoms with Crippen LogP contribution in [0.2, 0.25) is 0 Å². The van der Waals surface area contributed by atoms with Crippen molar-refractivity contribution in [2.24, 2.45) is 5.41 Å². The first-order chi connectivity index (χ1) is 14.8. The number of methoxy groups -OCH3 is 1. The van der Waals surface area contributed by atoms with E-state index in [0.29, 0.717) is 10.4 Å². The van der Waals surface area contributed by atoms with Crippen molar-refractivity contribution in [2.75, 3.05) is 13.7 Å². The zero-order chi connectivity index (χ0) is 23.9. The number of nitrogens with zero attached hydrogens (tertiary/aromatic N) is 2. The summed E-state index contributed by atoms with van der Waals surface area (Å²) in [5, 5.41) is 8.92. The molecule has 0 aromatic heterocycles. The van der Waals surface area contributed by atoms with E-state index in [0.717, 1.165) is 12.1 Å². The minimum Gasteiger partial charge on any atom is -0.497 e. The number of carbonyl (C=O) groups excluding carboxylic acids is 1. The second kappa shape index (κ2) is 8.02. The Balaban J connectivity index is 1.95. The van der Waals surface area contributed by atoms with Gasteiger partial charge in [-0.1, -0.05) is 19.9 Å². The maximum atomic E-state index is 13.3. The van der Waals surface area contributed by atoms with Crippen LogP contribution in [0.1, 0.15) is 25.0 Å². The van der Waals surface area contributed by atoms with Gasteiger partial charge in [-0.25, -0.2) is 12.7 Å². The molecule has 7 nitrogen and oxygen atoms in total. The van der Waals surface area contributed by atoms with Gasteiger partial charge in [0.05, 0.1) is 29.2 Å². The number of rotatable bonds is 5. The normalized spacial score (nSPS) is 18.3. The Labute approximate surface area is 183 Å². The predicted molar refractivity (Wildman–Crippen MR) is 106 cm³/mol. The molecule has 2 aromatic rings. The first-order valence-electron chi connectivity index (χ1n) is 9.30. The van der Waals surface area contributed by atoms with Crippen LogP contribution in [0.4, 0.5) is 13.2 Å². The van der Waals surface area contributed by atoms with E-state index < -0.39 is 44.8 Å². The van der Waals surface area contributed by atoms with Crippen LogP contribution in [0.15, 0.2) is 47.4 Å². The van der Waals surface area contributed by atoms with Crippen LogP contribution >= 0.6 is 0 Å². The number of halogens is 3. The van der Waals surface area contributed by atoms with E-state index in [-0.39, 0.29) is 22.9 Å². The number of ether oxygens (including phenoxy) is 2. The summed E-state index contributed by atoms with van der Waals surface area (Å²) in [5.41, 5.74) is -2.85. The summed E-state index contributed by atoms with van der Waals surface area (Å²) in [7, 11) is -2.89. The van der Waals surface area contributed by atoms with Gasteiger partial charge in [0, 0.05) is 18.0 Å². The molecule has 3 rings (SSSR count). The molecule has 1 saturated heterocycles. The molecular weight excluding hydrogens is 449 g/mol. The zero-order valence-electron chi connectivity index (χ0n) is 17.3. The van der Waals surface area contributed by atoms with Crippen molar-refractivity contribution in [2.45, 2.75) is 31.0 Å². The molecular formula is C21H19F3N2O5S. The monoisotopic (exact) mass is 468 g/mol. The number of nitriles is 1. The molecule has 170 valence electrons. The van der Waals surface area contributed by atoms with Crippen LogP contribution in [0.3, 0.4) is 0 Å². The van der Waals surface area contributed by atoms with Crippen LogP contribution in [-0.4, -0.2) is 38.4 Å². The lowest BCUT2D eigenvalue weighted by Crippen LogP contribution is -2.38. The highest BCUT2D eigenvalue weighted by Crippen LogP contribution is 2.39. The molecule has 0 radical (unpaired) electrons. The first-order valence-corrected chi connectivity index (χ1v) is 10.7. The van der Waals surface area contributed by atoms with E-state index in [9.17, 15) is 26.4 Å². The number of sulfonamides is 1. The average molecular weight is 468 g/mol. The Morgan fingerprint density at radius 1 is 1.16 bits per heavy atom. The van der Waals surface area contributed by atoms with E-state index >= 15 is 0 Å². The van der Waals surface area contributed by atoms with Gasteiger partial charge in [-0.2, -0.15) is 18.4 Å². The Bertz CT molecular complexity index is 1200. The maximum Gasteiger partial charge on any atom is 0.417 e. The van der Waals surface area contributed by atoms with Gasteiger partial charge in [0.1, 0.15) is 11.5 Å². The lowest BCUT2D eigenvalue weighted by molar-refractivity contribution is -0.137. The van der Waals surface area contributed by atoms with Gasteiger partial charge < -0.3 is 9.47 Å². The zero-order valence-corrected chi connectivity index (χ0v) is 18.1. The Hall–Kier alpha value is -3.26. The van der Waals surface area contributed by atoms with E-state index in [1.807, 2.05) is 0 Å². The summed E-state index contributed by atoms with van der Waals surface area (Å²) in [4.78, 5) is 12.9. The third kappa shape index (κ3) is 4.23. The van der Waals surface area contributed by atoms with Gasteiger partial charge in [0.25, 0.3) is 15.9 Å². The minimum absolute atomic E-state index is 0.167. The summed E-state index contributed by atoms with van der Waals surface area (Å²) in [6.45, 7) is 2.91. The first kappa shape index (κ1) is 23.4. The van der Waals surface area contributed by atoms with Crippen molar-refractivity contribution in [1.82, 2.24) is 4.31 Å². The number of carbonyl (C=O) groups is 1. The largest absolute Gasteiger partial charge is 0.497 e. The second-order valence-electron chi connectivity index (χ2n) is 7.83. The highest BCUT2D eigenvalue weighted by molar-refractivity contribution is 7.89.